The van der Waals surface area contributed by atoms with E-state index in [1.54, 1.807) is 0 Å². The molecule has 28 heteroatoms. The van der Waals surface area contributed by atoms with Crippen LogP contribution in [0.25, 0.3) is 0 Å². The summed E-state index contributed by atoms with van der Waals surface area (Å²) >= 11 is 0. The number of aliphatic hydroxyl groups is 10. The van der Waals surface area contributed by atoms with Gasteiger partial charge in [-0.15, -0.1) is 0 Å². The fourth-order valence-corrected chi connectivity index (χ4v) is 12.5. The van der Waals surface area contributed by atoms with Crippen molar-refractivity contribution in [3.05, 3.63) is 24.3 Å². The van der Waals surface area contributed by atoms with E-state index in [0.717, 1.165) is 90.6 Å². The quantitative estimate of drug-likeness (QED) is 0.0131. The summed E-state index contributed by atoms with van der Waals surface area (Å²) in [5, 5.41) is 107. The van der Waals surface area contributed by atoms with E-state index in [4.69, 9.17) is 51.5 Å². The first kappa shape index (κ1) is 88.2. The standard InChI is InChI=1S/C69H124NO26P/c1-5-8-11-14-16-18-19-20-21-22-23-24-26-28-31-40-56(76)91-51(47-88-66(84)49(35-29-13-10-7-3)36-30-27-25-17-15-12-9-6-2)48-90-97(85,86-4)89-42-34-38-50(74)37-32-33-39-55(75)70-41-43-87-67-62(82)59(79)64(53(45-72)93-67)96-69-63(83)60(80)65(54(46-73)94-69)95-68-61(81)58(78)57(77)52(44-71)92-68/h20-21,30,36,49,51-54,57-65,67-69,71-73,77-83H,5-19,22-29,31-35,37-48H2,1-4H3,(H,70,75)/b21-20-,36-30-/t49?,51-,52?,53?,54?,57-,58-,59+,60+,61?,62?,63?,64+,65-,67+,68+,69-,97?/m0/s1. The topological polar surface area (TPSA) is 401 Å². The number of hydrogen-bond acceptors (Lipinski definition) is 26. The molecule has 18 atom stereocenters. The number of amides is 1. The Morgan fingerprint density at radius 3 is 1.54 bits per heavy atom. The van der Waals surface area contributed by atoms with E-state index in [-0.39, 0.29) is 70.2 Å². The Hall–Kier alpha value is -2.97. The number of carbonyl (C=O) groups excluding carboxylic acids is 4. The molecule has 3 aliphatic rings. The van der Waals surface area contributed by atoms with Crippen molar-refractivity contribution in [2.24, 2.45) is 5.92 Å². The van der Waals surface area contributed by atoms with E-state index in [2.05, 4.69) is 44.3 Å². The molecule has 0 bridgehead atoms. The molecule has 566 valence electrons. The molecule has 27 nitrogen and oxygen atoms in total. The van der Waals surface area contributed by atoms with Gasteiger partial charge in [-0.3, -0.25) is 32.7 Å². The summed E-state index contributed by atoms with van der Waals surface area (Å²) in [6.07, 6.45) is 9.89. The molecule has 0 aromatic carbocycles. The minimum Gasteiger partial charge on any atom is -0.461 e. The average Bonchev–Trinajstić information content (AvgIpc) is 0.784. The van der Waals surface area contributed by atoms with Gasteiger partial charge in [0, 0.05) is 39.3 Å². The van der Waals surface area contributed by atoms with E-state index in [1.807, 2.05) is 6.08 Å². The molecule has 3 saturated heterocycles. The molecule has 0 saturated carbocycles. The molecule has 3 rings (SSSR count). The number of allylic oxidation sites excluding steroid dienone is 3. The van der Waals surface area contributed by atoms with Crippen molar-refractivity contribution in [2.75, 3.05) is 59.9 Å². The molecule has 0 aromatic rings. The van der Waals surface area contributed by atoms with Crippen LogP contribution in [-0.2, 0) is 75.2 Å². The first-order chi connectivity index (χ1) is 46.8. The van der Waals surface area contributed by atoms with Crippen LogP contribution in [-0.4, -0.2) is 233 Å². The highest BCUT2D eigenvalue weighted by Gasteiger charge is 2.53. The SMILES string of the molecule is CCCCCCCC/C=C\CCCCCCCC(=O)O[C@@H](COC(=O)C(/C=C\CCCCCCCC)CCCCCC)COP(=O)(OC)OCCCC(=O)CCCCC(=O)NCCO[C@@H]1OC(CO)[C@@H](O[C@@H]2OC(CO)[C@H](O[C@H]3OC(CO)[C@H](O)[C@H](O)C3O)[C@H](O)C2O)[C@H](O)C1O. The normalized spacial score (nSPS) is 27.4. The van der Waals surface area contributed by atoms with Crippen LogP contribution < -0.4 is 5.32 Å². The van der Waals surface area contributed by atoms with Gasteiger partial charge in [-0.05, 0) is 70.6 Å². The smallest absolute Gasteiger partial charge is 0.461 e. The predicted octanol–water partition coefficient (Wildman–Crippen LogP) is 6.65. The number of ketones is 1. The molecule has 0 aliphatic carbocycles. The Balaban J connectivity index is 1.42. The van der Waals surface area contributed by atoms with Crippen LogP contribution in [0.2, 0.25) is 0 Å². The van der Waals surface area contributed by atoms with Gasteiger partial charge in [0.2, 0.25) is 5.91 Å². The molecular weight excluding hydrogens is 1290 g/mol. The number of ether oxygens (including phenoxy) is 8. The Morgan fingerprint density at radius 1 is 0.495 bits per heavy atom. The minimum atomic E-state index is -4.23. The second kappa shape index (κ2) is 52.9. The lowest BCUT2D eigenvalue weighted by molar-refractivity contribution is -0.379. The zero-order valence-electron chi connectivity index (χ0n) is 58.4. The number of hydrogen-bond donors (Lipinski definition) is 11. The molecule has 0 aromatic heterocycles. The highest BCUT2D eigenvalue weighted by Crippen LogP contribution is 2.49. The molecule has 0 radical (unpaired) electrons. The number of unbranched alkanes of at least 4 members (excludes halogenated alkanes) is 21. The number of rotatable bonds is 57. The zero-order valence-corrected chi connectivity index (χ0v) is 59.3. The van der Waals surface area contributed by atoms with E-state index >= 15 is 0 Å². The highest BCUT2D eigenvalue weighted by atomic mass is 31.2. The number of carbonyl (C=O) groups is 4. The first-order valence-corrected chi connectivity index (χ1v) is 37.7. The van der Waals surface area contributed by atoms with Crippen LogP contribution in [0, 0.1) is 5.92 Å². The maximum absolute atomic E-state index is 13.7. The molecule has 11 N–H and O–H groups in total. The van der Waals surface area contributed by atoms with Crippen molar-refractivity contribution in [3.63, 3.8) is 0 Å². The van der Waals surface area contributed by atoms with Crippen molar-refractivity contribution in [1.29, 1.82) is 0 Å². The molecule has 3 fully saturated rings. The summed E-state index contributed by atoms with van der Waals surface area (Å²) in [5.41, 5.74) is 0. The third kappa shape index (κ3) is 35.2. The lowest BCUT2D eigenvalue weighted by Gasteiger charge is -2.48. The summed E-state index contributed by atoms with van der Waals surface area (Å²) in [4.78, 5) is 52.3. The fourth-order valence-electron chi connectivity index (χ4n) is 11.5. The molecular formula is C69H124NO26P. The van der Waals surface area contributed by atoms with Gasteiger partial charge in [0.25, 0.3) is 0 Å². The van der Waals surface area contributed by atoms with Crippen LogP contribution in [0.1, 0.15) is 226 Å². The maximum atomic E-state index is 13.7. The van der Waals surface area contributed by atoms with Crippen LogP contribution in [0.3, 0.4) is 0 Å². The van der Waals surface area contributed by atoms with Gasteiger partial charge in [-0.25, -0.2) is 4.57 Å². The van der Waals surface area contributed by atoms with Crippen LogP contribution in [0.15, 0.2) is 24.3 Å². The molecule has 0 spiro atoms. The molecule has 97 heavy (non-hydrogen) atoms. The fraction of sp³-hybridized carbons (Fsp3) is 0.884. The lowest BCUT2D eigenvalue weighted by atomic mass is 9.96. The Kier molecular flexibility index (Phi) is 48.1. The minimum absolute atomic E-state index is 0.0579. The lowest BCUT2D eigenvalue weighted by Crippen LogP contribution is -2.66. The van der Waals surface area contributed by atoms with Crippen LogP contribution >= 0.6 is 7.82 Å². The monoisotopic (exact) mass is 1410 g/mol. The van der Waals surface area contributed by atoms with Gasteiger partial charge in [0.1, 0.15) is 85.6 Å². The third-order valence-corrected chi connectivity index (χ3v) is 18.9. The highest BCUT2D eigenvalue weighted by molar-refractivity contribution is 7.48. The Labute approximate surface area is 575 Å². The van der Waals surface area contributed by atoms with Crippen molar-refractivity contribution in [2.45, 2.75) is 324 Å². The molecule has 1 amide bonds. The second-order valence-electron chi connectivity index (χ2n) is 25.7. The van der Waals surface area contributed by atoms with E-state index in [0.29, 0.717) is 25.7 Å². The van der Waals surface area contributed by atoms with Gasteiger partial charge in [0.15, 0.2) is 25.0 Å². The van der Waals surface area contributed by atoms with Gasteiger partial charge in [-0.2, -0.15) is 0 Å². The first-order valence-electron chi connectivity index (χ1n) is 36.2. The summed E-state index contributed by atoms with van der Waals surface area (Å²) in [6, 6.07) is 0. The van der Waals surface area contributed by atoms with Crippen molar-refractivity contribution in [1.82, 2.24) is 5.32 Å². The molecule has 3 aliphatic heterocycles. The summed E-state index contributed by atoms with van der Waals surface area (Å²) in [5.74, 6) is -1.92. The summed E-state index contributed by atoms with van der Waals surface area (Å²) in [7, 11) is -3.09. The summed E-state index contributed by atoms with van der Waals surface area (Å²) in [6.45, 7) is 2.82. The number of phosphoric ester groups is 1. The Morgan fingerprint density at radius 2 is 0.969 bits per heavy atom. The number of Topliss-reactive ketones (excluding diaryl/α,β-unsaturated/α-hetero) is 1. The summed E-state index contributed by atoms with van der Waals surface area (Å²) < 4.78 is 75.0. The Bertz CT molecular complexity index is 2180. The second-order valence-corrected chi connectivity index (χ2v) is 27.4. The number of aliphatic hydroxyl groups excluding tert-OH is 10. The van der Waals surface area contributed by atoms with E-state index in [1.165, 1.54) is 64.2 Å². The number of nitrogens with one attached hydrogen (secondary N) is 1. The van der Waals surface area contributed by atoms with Crippen molar-refractivity contribution < 1.29 is 126 Å². The predicted molar refractivity (Wildman–Crippen MR) is 357 cm³/mol. The van der Waals surface area contributed by atoms with Crippen molar-refractivity contribution in [3.8, 4) is 0 Å². The van der Waals surface area contributed by atoms with Crippen LogP contribution in [0.4, 0.5) is 0 Å². The largest absolute Gasteiger partial charge is 0.474 e. The average molecular weight is 1410 g/mol. The molecule has 3 heterocycles. The van der Waals surface area contributed by atoms with Gasteiger partial charge < -0.3 is 94.3 Å². The van der Waals surface area contributed by atoms with E-state index in [9.17, 15) is 74.8 Å². The van der Waals surface area contributed by atoms with E-state index < -0.39 is 150 Å². The van der Waals surface area contributed by atoms with Gasteiger partial charge in [0.05, 0.1) is 45.6 Å². The van der Waals surface area contributed by atoms with Gasteiger partial charge >= 0.3 is 19.8 Å². The molecule has 8 unspecified atom stereocenters. The zero-order chi connectivity index (χ0) is 71.2. The third-order valence-electron chi connectivity index (χ3n) is 17.5. The number of phosphoric acid groups is 1. The van der Waals surface area contributed by atoms with Crippen LogP contribution in [0.5, 0.6) is 0 Å². The van der Waals surface area contributed by atoms with Gasteiger partial charge in [-0.1, -0.05) is 154 Å². The number of esters is 2. The maximum Gasteiger partial charge on any atom is 0.474 e. The van der Waals surface area contributed by atoms with Crippen molar-refractivity contribution >= 4 is 31.5 Å².